The Balaban J connectivity index is 1.88. The van der Waals surface area contributed by atoms with Crippen LogP contribution in [-0.4, -0.2) is 22.2 Å². The van der Waals surface area contributed by atoms with Crippen LogP contribution in [0.5, 0.6) is 5.88 Å². The van der Waals surface area contributed by atoms with E-state index in [1.165, 1.54) is 0 Å². The molecule has 2 aromatic heterocycles. The maximum atomic E-state index is 10.5. The van der Waals surface area contributed by atoms with E-state index in [-0.39, 0.29) is 0 Å². The zero-order chi connectivity index (χ0) is 14.7. The lowest BCUT2D eigenvalue weighted by atomic mass is 9.99. The Labute approximate surface area is 123 Å². The van der Waals surface area contributed by atoms with E-state index >= 15 is 0 Å². The molecule has 3 aromatic rings. The highest BCUT2D eigenvalue weighted by molar-refractivity contribution is 5.84. The number of rotatable bonds is 4. The van der Waals surface area contributed by atoms with E-state index < -0.39 is 6.10 Å². The number of ether oxygens (including phenoxy) is 1. The van der Waals surface area contributed by atoms with Gasteiger partial charge in [0.25, 0.3) is 0 Å². The topological polar surface area (TPSA) is 55.2 Å². The van der Waals surface area contributed by atoms with Crippen molar-refractivity contribution >= 4 is 10.8 Å². The molecule has 0 saturated carbocycles. The van der Waals surface area contributed by atoms with Gasteiger partial charge in [-0.2, -0.15) is 0 Å². The quantitative estimate of drug-likeness (QED) is 0.798. The van der Waals surface area contributed by atoms with Crippen molar-refractivity contribution < 1.29 is 9.84 Å². The molecule has 0 aliphatic heterocycles. The van der Waals surface area contributed by atoms with Crippen LogP contribution in [0.15, 0.2) is 55.0 Å². The third-order valence-corrected chi connectivity index (χ3v) is 3.49. The minimum absolute atomic E-state index is 0.493. The summed E-state index contributed by atoms with van der Waals surface area (Å²) < 4.78 is 5.03. The first-order valence-corrected chi connectivity index (χ1v) is 6.77. The number of benzene rings is 1. The molecule has 0 aliphatic carbocycles. The lowest BCUT2D eigenvalue weighted by molar-refractivity contribution is 0.179. The van der Waals surface area contributed by atoms with Gasteiger partial charge >= 0.3 is 0 Å². The van der Waals surface area contributed by atoms with Crippen molar-refractivity contribution in [2.75, 3.05) is 7.11 Å². The normalized spacial score (nSPS) is 12.3. The maximum absolute atomic E-state index is 10.5. The molecule has 0 bridgehead atoms. The van der Waals surface area contributed by atoms with Crippen LogP contribution in [0.2, 0.25) is 0 Å². The maximum Gasteiger partial charge on any atom is 0.212 e. The molecule has 21 heavy (non-hydrogen) atoms. The number of aliphatic hydroxyl groups excluding tert-OH is 1. The standard InChI is InChI=1S/C17H16N2O2/c1-21-17-7-6-12(9-19-17)8-16(20)15-11-18-10-13-4-2-3-5-14(13)15/h2-7,9-11,16,20H,8H2,1H3. The van der Waals surface area contributed by atoms with E-state index in [1.54, 1.807) is 31.8 Å². The van der Waals surface area contributed by atoms with E-state index in [0.29, 0.717) is 12.3 Å². The number of hydrogen-bond donors (Lipinski definition) is 1. The van der Waals surface area contributed by atoms with Gasteiger partial charge in [-0.1, -0.05) is 30.3 Å². The van der Waals surface area contributed by atoms with Gasteiger partial charge in [-0.05, 0) is 10.9 Å². The number of methoxy groups -OCH3 is 1. The molecule has 0 saturated heterocycles. The first kappa shape index (κ1) is 13.5. The zero-order valence-corrected chi connectivity index (χ0v) is 11.7. The summed E-state index contributed by atoms with van der Waals surface area (Å²) in [7, 11) is 1.58. The Hall–Kier alpha value is -2.46. The number of aliphatic hydroxyl groups is 1. The van der Waals surface area contributed by atoms with Gasteiger partial charge in [0.1, 0.15) is 0 Å². The molecule has 1 unspecified atom stereocenters. The predicted octanol–water partition coefficient (Wildman–Crippen LogP) is 2.91. The molecule has 4 heteroatoms. The van der Waals surface area contributed by atoms with Gasteiger partial charge in [0.05, 0.1) is 13.2 Å². The summed E-state index contributed by atoms with van der Waals surface area (Å²) in [5.74, 6) is 0.570. The molecular formula is C17H16N2O2. The minimum atomic E-state index is -0.612. The van der Waals surface area contributed by atoms with E-state index in [4.69, 9.17) is 4.74 Å². The Morgan fingerprint density at radius 2 is 1.95 bits per heavy atom. The summed E-state index contributed by atoms with van der Waals surface area (Å²) >= 11 is 0. The van der Waals surface area contributed by atoms with Crippen LogP contribution in [0.1, 0.15) is 17.2 Å². The molecule has 0 fully saturated rings. The lowest BCUT2D eigenvalue weighted by Crippen LogP contribution is -2.03. The Morgan fingerprint density at radius 3 is 2.71 bits per heavy atom. The molecule has 0 radical (unpaired) electrons. The molecule has 1 N–H and O–H groups in total. The monoisotopic (exact) mass is 280 g/mol. The fourth-order valence-electron chi connectivity index (χ4n) is 2.39. The van der Waals surface area contributed by atoms with Crippen molar-refractivity contribution in [3.63, 3.8) is 0 Å². The average Bonchev–Trinajstić information content (AvgIpc) is 2.55. The highest BCUT2D eigenvalue weighted by Crippen LogP contribution is 2.25. The first-order valence-electron chi connectivity index (χ1n) is 6.77. The van der Waals surface area contributed by atoms with Gasteiger partial charge in [0.15, 0.2) is 0 Å². The number of nitrogens with zero attached hydrogens (tertiary/aromatic N) is 2. The molecule has 1 aromatic carbocycles. The summed E-state index contributed by atoms with van der Waals surface area (Å²) in [6.07, 6.45) is 5.14. The number of aromatic nitrogens is 2. The summed E-state index contributed by atoms with van der Waals surface area (Å²) in [4.78, 5) is 8.36. The van der Waals surface area contributed by atoms with Crippen LogP contribution in [0.3, 0.4) is 0 Å². The molecule has 2 heterocycles. The molecule has 106 valence electrons. The third-order valence-electron chi connectivity index (χ3n) is 3.49. The Kier molecular flexibility index (Phi) is 3.79. The van der Waals surface area contributed by atoms with Crippen LogP contribution in [-0.2, 0) is 6.42 Å². The minimum Gasteiger partial charge on any atom is -0.481 e. The summed E-state index contributed by atoms with van der Waals surface area (Å²) in [5.41, 5.74) is 1.79. The van der Waals surface area contributed by atoms with Crippen LogP contribution in [0, 0.1) is 0 Å². The van der Waals surface area contributed by atoms with Gasteiger partial charge < -0.3 is 9.84 Å². The SMILES string of the molecule is COc1ccc(CC(O)c2cncc3ccccc23)cn1. The molecule has 0 amide bonds. The number of hydrogen-bond acceptors (Lipinski definition) is 4. The smallest absolute Gasteiger partial charge is 0.212 e. The van der Waals surface area contributed by atoms with Crippen molar-refractivity contribution in [2.24, 2.45) is 0 Å². The molecular weight excluding hydrogens is 264 g/mol. The number of fused-ring (bicyclic) bond motifs is 1. The van der Waals surface area contributed by atoms with Crippen molar-refractivity contribution in [3.05, 3.63) is 66.1 Å². The highest BCUT2D eigenvalue weighted by Gasteiger charge is 2.12. The fraction of sp³-hybridized carbons (Fsp3) is 0.176. The predicted molar refractivity (Wildman–Crippen MR) is 81.2 cm³/mol. The molecule has 0 spiro atoms. The first-order chi connectivity index (χ1) is 10.3. The van der Waals surface area contributed by atoms with E-state index in [0.717, 1.165) is 21.9 Å². The number of pyridine rings is 2. The van der Waals surface area contributed by atoms with Gasteiger partial charge in [-0.3, -0.25) is 4.98 Å². The highest BCUT2D eigenvalue weighted by atomic mass is 16.5. The molecule has 1 atom stereocenters. The molecule has 0 aliphatic rings. The van der Waals surface area contributed by atoms with Gasteiger partial charge in [-0.15, -0.1) is 0 Å². The van der Waals surface area contributed by atoms with Crippen LogP contribution in [0.4, 0.5) is 0 Å². The second kappa shape index (κ2) is 5.89. The third kappa shape index (κ3) is 2.85. The summed E-state index contributed by atoms with van der Waals surface area (Å²) in [6.45, 7) is 0. The van der Waals surface area contributed by atoms with Crippen molar-refractivity contribution in [3.8, 4) is 5.88 Å². The van der Waals surface area contributed by atoms with E-state index in [1.807, 2.05) is 30.3 Å². The van der Waals surface area contributed by atoms with Crippen LogP contribution >= 0.6 is 0 Å². The Morgan fingerprint density at radius 1 is 1.10 bits per heavy atom. The van der Waals surface area contributed by atoms with Gasteiger partial charge in [-0.25, -0.2) is 4.98 Å². The van der Waals surface area contributed by atoms with Crippen molar-refractivity contribution in [1.82, 2.24) is 9.97 Å². The second-order valence-electron chi connectivity index (χ2n) is 4.88. The van der Waals surface area contributed by atoms with E-state index in [9.17, 15) is 5.11 Å². The average molecular weight is 280 g/mol. The summed E-state index contributed by atoms with van der Waals surface area (Å²) in [5, 5.41) is 12.6. The van der Waals surface area contributed by atoms with E-state index in [2.05, 4.69) is 9.97 Å². The molecule has 3 rings (SSSR count). The molecule has 4 nitrogen and oxygen atoms in total. The Bertz CT molecular complexity index is 736. The van der Waals surface area contributed by atoms with Gasteiger partial charge in [0.2, 0.25) is 5.88 Å². The van der Waals surface area contributed by atoms with Crippen molar-refractivity contribution in [2.45, 2.75) is 12.5 Å². The van der Waals surface area contributed by atoms with Gasteiger partial charge in [0, 0.05) is 42.0 Å². The largest absolute Gasteiger partial charge is 0.481 e. The van der Waals surface area contributed by atoms with Crippen molar-refractivity contribution in [1.29, 1.82) is 0 Å². The van der Waals surface area contributed by atoms with Crippen LogP contribution < -0.4 is 4.74 Å². The fourth-order valence-corrected chi connectivity index (χ4v) is 2.39. The summed E-state index contributed by atoms with van der Waals surface area (Å²) in [6, 6.07) is 11.6. The zero-order valence-electron chi connectivity index (χ0n) is 11.7. The van der Waals surface area contributed by atoms with Crippen LogP contribution in [0.25, 0.3) is 10.8 Å². The second-order valence-corrected chi connectivity index (χ2v) is 4.88. The lowest BCUT2D eigenvalue weighted by Gasteiger charge is -2.13.